The van der Waals surface area contributed by atoms with Crippen molar-refractivity contribution in [2.75, 3.05) is 13.1 Å². The third kappa shape index (κ3) is 2.31. The lowest BCUT2D eigenvalue weighted by Gasteiger charge is -2.27. The minimum Gasteiger partial charge on any atom is -0.313 e. The van der Waals surface area contributed by atoms with E-state index in [9.17, 15) is 8.42 Å². The van der Waals surface area contributed by atoms with Gasteiger partial charge in [-0.15, -0.1) is 0 Å². The molecule has 1 fully saturated rings. The van der Waals surface area contributed by atoms with E-state index in [4.69, 9.17) is 11.6 Å². The molecule has 1 aromatic rings. The monoisotopic (exact) mass is 246 g/mol. The van der Waals surface area contributed by atoms with E-state index in [1.807, 2.05) is 0 Å². The smallest absolute Gasteiger partial charge is 0.242 e. The molecule has 0 atom stereocenters. The SMILES string of the molecule is O=S(=O)(NC1CNC1)c1ccccc1Cl. The molecule has 2 N–H and O–H groups in total. The molecule has 0 bridgehead atoms. The molecule has 0 saturated carbocycles. The summed E-state index contributed by atoms with van der Waals surface area (Å²) in [6.07, 6.45) is 0. The Morgan fingerprint density at radius 3 is 2.53 bits per heavy atom. The summed E-state index contributed by atoms with van der Waals surface area (Å²) in [7, 11) is -3.47. The van der Waals surface area contributed by atoms with Crippen molar-refractivity contribution in [1.82, 2.24) is 10.0 Å². The van der Waals surface area contributed by atoms with Gasteiger partial charge in [0.25, 0.3) is 0 Å². The Bertz CT molecular complexity index is 457. The maximum absolute atomic E-state index is 11.8. The molecule has 15 heavy (non-hydrogen) atoms. The lowest BCUT2D eigenvalue weighted by molar-refractivity contribution is 0.410. The summed E-state index contributed by atoms with van der Waals surface area (Å²) in [6.45, 7) is 1.34. The van der Waals surface area contributed by atoms with E-state index in [2.05, 4.69) is 10.0 Å². The van der Waals surface area contributed by atoms with Gasteiger partial charge in [0, 0.05) is 19.1 Å². The van der Waals surface area contributed by atoms with Crippen LogP contribution in [-0.4, -0.2) is 27.5 Å². The average molecular weight is 247 g/mol. The average Bonchev–Trinajstić information content (AvgIpc) is 2.12. The lowest BCUT2D eigenvalue weighted by Crippen LogP contribution is -2.56. The highest BCUT2D eigenvalue weighted by atomic mass is 35.5. The summed E-state index contributed by atoms with van der Waals surface area (Å²) in [5.74, 6) is 0. The Hall–Kier alpha value is -0.620. The van der Waals surface area contributed by atoms with Crippen LogP contribution < -0.4 is 10.0 Å². The highest BCUT2D eigenvalue weighted by Crippen LogP contribution is 2.20. The van der Waals surface area contributed by atoms with Crippen molar-refractivity contribution in [2.24, 2.45) is 0 Å². The second-order valence-corrected chi connectivity index (χ2v) is 5.50. The third-order valence-electron chi connectivity index (χ3n) is 2.23. The molecule has 82 valence electrons. The van der Waals surface area contributed by atoms with Crippen LogP contribution in [0.5, 0.6) is 0 Å². The first kappa shape index (κ1) is 10.9. The Kier molecular flexibility index (Phi) is 2.97. The molecule has 2 rings (SSSR count). The standard InChI is InChI=1S/C9H11ClN2O2S/c10-8-3-1-2-4-9(8)15(13,14)12-7-5-11-6-7/h1-4,7,11-12H,5-6H2. The molecule has 1 heterocycles. The van der Waals surface area contributed by atoms with Crippen molar-refractivity contribution in [3.05, 3.63) is 29.3 Å². The predicted molar refractivity (Wildman–Crippen MR) is 58.4 cm³/mol. The zero-order valence-electron chi connectivity index (χ0n) is 7.90. The maximum atomic E-state index is 11.8. The predicted octanol–water partition coefficient (Wildman–Crippen LogP) is 0.590. The van der Waals surface area contributed by atoms with Crippen molar-refractivity contribution in [1.29, 1.82) is 0 Å². The van der Waals surface area contributed by atoms with Crippen LogP contribution in [-0.2, 0) is 10.0 Å². The fourth-order valence-electron chi connectivity index (χ4n) is 1.32. The first-order valence-electron chi connectivity index (χ1n) is 4.57. The summed E-state index contributed by atoms with van der Waals surface area (Å²) in [5, 5.41) is 3.24. The van der Waals surface area contributed by atoms with Crippen LogP contribution in [0, 0.1) is 0 Å². The van der Waals surface area contributed by atoms with Gasteiger partial charge in [0.1, 0.15) is 4.90 Å². The number of benzene rings is 1. The first-order chi connectivity index (χ1) is 7.09. The summed E-state index contributed by atoms with van der Waals surface area (Å²) < 4.78 is 26.2. The van der Waals surface area contributed by atoms with Gasteiger partial charge in [-0.3, -0.25) is 0 Å². The topological polar surface area (TPSA) is 58.2 Å². The lowest BCUT2D eigenvalue weighted by atomic mass is 10.2. The van der Waals surface area contributed by atoms with Crippen molar-refractivity contribution in [3.8, 4) is 0 Å². The normalized spacial score (nSPS) is 17.4. The Morgan fingerprint density at radius 1 is 1.33 bits per heavy atom. The van der Waals surface area contributed by atoms with Crippen LogP contribution in [0.1, 0.15) is 0 Å². The number of rotatable bonds is 3. The van der Waals surface area contributed by atoms with Crippen LogP contribution in [0.15, 0.2) is 29.2 Å². The molecule has 0 unspecified atom stereocenters. The molecule has 6 heteroatoms. The molecule has 1 saturated heterocycles. The molecule has 0 amide bonds. The highest BCUT2D eigenvalue weighted by molar-refractivity contribution is 7.89. The van der Waals surface area contributed by atoms with Crippen molar-refractivity contribution < 1.29 is 8.42 Å². The van der Waals surface area contributed by atoms with Crippen LogP contribution in [0.4, 0.5) is 0 Å². The van der Waals surface area contributed by atoms with E-state index in [1.165, 1.54) is 6.07 Å². The molecule has 0 radical (unpaired) electrons. The first-order valence-corrected chi connectivity index (χ1v) is 6.43. The fraction of sp³-hybridized carbons (Fsp3) is 0.333. The van der Waals surface area contributed by atoms with Crippen LogP contribution in [0.2, 0.25) is 5.02 Å². The summed E-state index contributed by atoms with van der Waals surface area (Å²) in [5.41, 5.74) is 0. The molecular formula is C9H11ClN2O2S. The van der Waals surface area contributed by atoms with Crippen LogP contribution in [0.25, 0.3) is 0 Å². The van der Waals surface area contributed by atoms with Gasteiger partial charge < -0.3 is 5.32 Å². The van der Waals surface area contributed by atoms with E-state index in [1.54, 1.807) is 18.2 Å². The molecule has 1 aliphatic heterocycles. The van der Waals surface area contributed by atoms with Gasteiger partial charge in [-0.2, -0.15) is 0 Å². The van der Waals surface area contributed by atoms with Crippen molar-refractivity contribution >= 4 is 21.6 Å². The van der Waals surface area contributed by atoms with Gasteiger partial charge in [-0.1, -0.05) is 23.7 Å². The van der Waals surface area contributed by atoms with Crippen LogP contribution in [0.3, 0.4) is 0 Å². The second-order valence-electron chi connectivity index (χ2n) is 3.41. The quantitative estimate of drug-likeness (QED) is 0.821. The van der Waals surface area contributed by atoms with Crippen LogP contribution >= 0.6 is 11.6 Å². The Labute approximate surface area is 93.7 Å². The zero-order chi connectivity index (χ0) is 10.9. The van der Waals surface area contributed by atoms with E-state index in [0.29, 0.717) is 13.1 Å². The van der Waals surface area contributed by atoms with Gasteiger partial charge >= 0.3 is 0 Å². The van der Waals surface area contributed by atoms with E-state index >= 15 is 0 Å². The molecule has 4 nitrogen and oxygen atoms in total. The zero-order valence-corrected chi connectivity index (χ0v) is 9.48. The molecule has 0 aliphatic carbocycles. The van der Waals surface area contributed by atoms with E-state index < -0.39 is 10.0 Å². The largest absolute Gasteiger partial charge is 0.313 e. The van der Waals surface area contributed by atoms with Gasteiger partial charge in [0.05, 0.1) is 5.02 Å². The maximum Gasteiger partial charge on any atom is 0.242 e. The third-order valence-corrected chi connectivity index (χ3v) is 4.25. The highest BCUT2D eigenvalue weighted by Gasteiger charge is 2.25. The molecule has 1 aromatic carbocycles. The van der Waals surface area contributed by atoms with E-state index in [-0.39, 0.29) is 16.0 Å². The molecule has 0 spiro atoms. The number of hydrogen-bond donors (Lipinski definition) is 2. The van der Waals surface area contributed by atoms with Gasteiger partial charge in [0.2, 0.25) is 10.0 Å². The number of hydrogen-bond acceptors (Lipinski definition) is 3. The number of halogens is 1. The van der Waals surface area contributed by atoms with Crippen molar-refractivity contribution in [2.45, 2.75) is 10.9 Å². The second kappa shape index (κ2) is 4.09. The van der Waals surface area contributed by atoms with Crippen molar-refractivity contribution in [3.63, 3.8) is 0 Å². The van der Waals surface area contributed by atoms with E-state index in [0.717, 1.165) is 0 Å². The summed E-state index contributed by atoms with van der Waals surface area (Å²) >= 11 is 5.82. The van der Waals surface area contributed by atoms with Gasteiger partial charge in [-0.25, -0.2) is 13.1 Å². The number of sulfonamides is 1. The summed E-state index contributed by atoms with van der Waals surface area (Å²) in [4.78, 5) is 0.138. The molecular weight excluding hydrogens is 236 g/mol. The minimum atomic E-state index is -3.47. The minimum absolute atomic E-state index is 0.0220. The van der Waals surface area contributed by atoms with Gasteiger partial charge in [0.15, 0.2) is 0 Å². The Balaban J connectivity index is 2.24. The molecule has 0 aromatic heterocycles. The molecule has 1 aliphatic rings. The summed E-state index contributed by atoms with van der Waals surface area (Å²) in [6, 6.07) is 6.39. The number of nitrogens with one attached hydrogen (secondary N) is 2. The Morgan fingerprint density at radius 2 is 2.00 bits per heavy atom. The fourth-order valence-corrected chi connectivity index (χ4v) is 3.07. The van der Waals surface area contributed by atoms with Gasteiger partial charge in [-0.05, 0) is 12.1 Å².